The molecule has 0 spiro atoms. The molecule has 0 aliphatic carbocycles. The van der Waals surface area contributed by atoms with Crippen molar-refractivity contribution in [2.75, 3.05) is 0 Å². The Morgan fingerprint density at radius 3 is 1.84 bits per heavy atom. The van der Waals surface area contributed by atoms with Gasteiger partial charge < -0.3 is 9.52 Å². The van der Waals surface area contributed by atoms with Gasteiger partial charge in [0.05, 0.1) is 10.9 Å². The van der Waals surface area contributed by atoms with Crippen molar-refractivity contribution in [3.63, 3.8) is 0 Å². The van der Waals surface area contributed by atoms with Crippen LogP contribution in [0.2, 0.25) is 0 Å². The average molecular weight is 328 g/mol. The Bertz CT molecular complexity index is 1030. The lowest BCUT2D eigenvalue weighted by molar-refractivity contribution is 0.455. The third kappa shape index (κ3) is 2.70. The predicted molar refractivity (Wildman–Crippen MR) is 98.0 cm³/mol. The molecule has 25 heavy (non-hydrogen) atoms. The van der Waals surface area contributed by atoms with Crippen LogP contribution in [0.3, 0.4) is 0 Å². The van der Waals surface area contributed by atoms with E-state index in [9.17, 15) is 9.90 Å². The molecule has 0 aliphatic heterocycles. The van der Waals surface area contributed by atoms with Crippen molar-refractivity contribution in [1.82, 2.24) is 0 Å². The summed E-state index contributed by atoms with van der Waals surface area (Å²) in [5.74, 6) is -0.423. The molecule has 0 atom stereocenters. The van der Waals surface area contributed by atoms with Gasteiger partial charge in [-0.25, -0.2) is 4.79 Å². The zero-order valence-corrected chi connectivity index (χ0v) is 13.4. The van der Waals surface area contributed by atoms with Crippen molar-refractivity contribution in [2.24, 2.45) is 0 Å². The molecule has 1 aromatic heterocycles. The molecule has 122 valence electrons. The second-order valence-electron chi connectivity index (χ2n) is 5.90. The smallest absolute Gasteiger partial charge is 0.344 e. The van der Waals surface area contributed by atoms with Crippen LogP contribution in [0.5, 0.6) is 5.75 Å². The van der Waals surface area contributed by atoms with Crippen LogP contribution >= 0.6 is 0 Å². The fourth-order valence-electron chi connectivity index (χ4n) is 3.22. The van der Waals surface area contributed by atoms with Gasteiger partial charge in [-0.1, -0.05) is 72.8 Å². The number of aromatic hydroxyl groups is 1. The lowest BCUT2D eigenvalue weighted by Gasteiger charge is -2.19. The van der Waals surface area contributed by atoms with Gasteiger partial charge in [0.2, 0.25) is 0 Å². The van der Waals surface area contributed by atoms with E-state index in [1.807, 2.05) is 66.7 Å². The van der Waals surface area contributed by atoms with Crippen LogP contribution in [0.1, 0.15) is 22.6 Å². The van der Waals surface area contributed by atoms with Crippen LogP contribution in [-0.4, -0.2) is 5.11 Å². The van der Waals surface area contributed by atoms with E-state index in [-0.39, 0.29) is 11.3 Å². The summed E-state index contributed by atoms with van der Waals surface area (Å²) in [6, 6.07) is 26.4. The van der Waals surface area contributed by atoms with E-state index in [0.29, 0.717) is 11.0 Å². The molecule has 0 amide bonds. The van der Waals surface area contributed by atoms with Crippen LogP contribution in [0.25, 0.3) is 11.0 Å². The summed E-state index contributed by atoms with van der Waals surface area (Å²) < 4.78 is 5.48. The van der Waals surface area contributed by atoms with E-state index in [1.54, 1.807) is 18.2 Å². The normalized spacial score (nSPS) is 11.1. The Labute approximate surface area is 144 Å². The van der Waals surface area contributed by atoms with Crippen LogP contribution in [0.15, 0.2) is 94.1 Å². The van der Waals surface area contributed by atoms with E-state index < -0.39 is 11.5 Å². The summed E-state index contributed by atoms with van der Waals surface area (Å²) in [5.41, 5.74) is 1.97. The molecule has 0 bridgehead atoms. The van der Waals surface area contributed by atoms with E-state index in [2.05, 4.69) is 0 Å². The minimum Gasteiger partial charge on any atom is -0.507 e. The molecule has 0 aliphatic rings. The van der Waals surface area contributed by atoms with Gasteiger partial charge in [-0.3, -0.25) is 0 Å². The standard InChI is InChI=1S/C22H16O3/c23-21-17-13-7-8-14-18(17)25-22(24)20(21)19(15-9-3-1-4-10-15)16-11-5-2-6-12-16/h1-14,19,23H. The van der Waals surface area contributed by atoms with Crippen LogP contribution in [0, 0.1) is 0 Å². The molecule has 0 fully saturated rings. The monoisotopic (exact) mass is 328 g/mol. The van der Waals surface area contributed by atoms with Crippen molar-refractivity contribution in [3.05, 3.63) is 112 Å². The first-order chi connectivity index (χ1) is 12.3. The summed E-state index contributed by atoms with van der Waals surface area (Å²) in [5, 5.41) is 11.4. The topological polar surface area (TPSA) is 50.4 Å². The molecule has 0 saturated heterocycles. The Hall–Kier alpha value is -3.33. The van der Waals surface area contributed by atoms with Gasteiger partial charge in [0.1, 0.15) is 11.3 Å². The average Bonchev–Trinajstić information content (AvgIpc) is 2.66. The fraction of sp³-hybridized carbons (Fsp3) is 0.0455. The first-order valence-electron chi connectivity index (χ1n) is 8.10. The van der Waals surface area contributed by atoms with Crippen LogP contribution < -0.4 is 5.63 Å². The number of rotatable bonds is 3. The molecule has 0 unspecified atom stereocenters. The lowest BCUT2D eigenvalue weighted by atomic mass is 9.85. The highest BCUT2D eigenvalue weighted by molar-refractivity contribution is 5.84. The number of fused-ring (bicyclic) bond motifs is 1. The third-order valence-corrected chi connectivity index (χ3v) is 4.37. The second kappa shape index (κ2) is 6.29. The zero-order valence-electron chi connectivity index (χ0n) is 13.4. The Balaban J connectivity index is 2.04. The van der Waals surface area contributed by atoms with Crippen molar-refractivity contribution >= 4 is 11.0 Å². The summed E-state index contributed by atoms with van der Waals surface area (Å²) >= 11 is 0. The molecule has 3 nitrogen and oxygen atoms in total. The van der Waals surface area contributed by atoms with Gasteiger partial charge in [-0.05, 0) is 23.3 Å². The predicted octanol–water partition coefficient (Wildman–Crippen LogP) is 4.68. The Morgan fingerprint density at radius 1 is 0.720 bits per heavy atom. The molecule has 3 heteroatoms. The summed E-state index contributed by atoms with van der Waals surface area (Å²) in [6.45, 7) is 0. The molecule has 3 aromatic carbocycles. The molecule has 1 heterocycles. The highest BCUT2D eigenvalue weighted by atomic mass is 16.4. The van der Waals surface area contributed by atoms with Gasteiger partial charge in [0.15, 0.2) is 0 Å². The number of hydrogen-bond acceptors (Lipinski definition) is 3. The molecule has 0 saturated carbocycles. The maximum absolute atomic E-state index is 12.7. The maximum Gasteiger partial charge on any atom is 0.344 e. The SMILES string of the molecule is O=c1oc2ccccc2c(O)c1C(c1ccccc1)c1ccccc1. The molecular formula is C22H16O3. The first kappa shape index (κ1) is 15.2. The van der Waals surface area contributed by atoms with Crippen molar-refractivity contribution in [1.29, 1.82) is 0 Å². The summed E-state index contributed by atoms with van der Waals surface area (Å²) in [7, 11) is 0. The van der Waals surface area contributed by atoms with Gasteiger partial charge >= 0.3 is 5.63 Å². The Morgan fingerprint density at radius 2 is 1.24 bits per heavy atom. The Kier molecular flexibility index (Phi) is 3.82. The van der Waals surface area contributed by atoms with Gasteiger partial charge in [-0.2, -0.15) is 0 Å². The van der Waals surface area contributed by atoms with Crippen molar-refractivity contribution < 1.29 is 9.52 Å². The van der Waals surface area contributed by atoms with Crippen LogP contribution in [0.4, 0.5) is 0 Å². The molecule has 4 rings (SSSR count). The zero-order chi connectivity index (χ0) is 17.2. The maximum atomic E-state index is 12.7. The molecule has 4 aromatic rings. The van der Waals surface area contributed by atoms with Gasteiger partial charge in [0.25, 0.3) is 0 Å². The second-order valence-corrected chi connectivity index (χ2v) is 5.90. The van der Waals surface area contributed by atoms with Crippen LogP contribution in [-0.2, 0) is 0 Å². The minimum atomic E-state index is -0.520. The van der Waals surface area contributed by atoms with E-state index >= 15 is 0 Å². The van der Waals surface area contributed by atoms with Crippen molar-refractivity contribution in [3.8, 4) is 5.75 Å². The lowest BCUT2D eigenvalue weighted by Crippen LogP contribution is -2.15. The fourth-order valence-corrected chi connectivity index (χ4v) is 3.22. The summed E-state index contributed by atoms with van der Waals surface area (Å²) in [6.07, 6.45) is 0. The minimum absolute atomic E-state index is 0.0236. The number of benzene rings is 3. The number of hydrogen-bond donors (Lipinski definition) is 1. The largest absolute Gasteiger partial charge is 0.507 e. The van der Waals surface area contributed by atoms with Gasteiger partial charge in [-0.15, -0.1) is 0 Å². The number of para-hydroxylation sites is 1. The summed E-state index contributed by atoms with van der Waals surface area (Å²) in [4.78, 5) is 12.7. The molecule has 0 radical (unpaired) electrons. The van der Waals surface area contributed by atoms with Crippen molar-refractivity contribution in [2.45, 2.75) is 5.92 Å². The quantitative estimate of drug-likeness (QED) is 0.556. The van der Waals surface area contributed by atoms with E-state index in [4.69, 9.17) is 4.42 Å². The van der Waals surface area contributed by atoms with E-state index in [1.165, 1.54) is 0 Å². The van der Waals surface area contributed by atoms with Gasteiger partial charge in [0, 0.05) is 5.92 Å². The highest BCUT2D eigenvalue weighted by Gasteiger charge is 2.25. The molecule has 1 N–H and O–H groups in total. The first-order valence-corrected chi connectivity index (χ1v) is 8.10. The third-order valence-electron chi connectivity index (χ3n) is 4.37. The van der Waals surface area contributed by atoms with E-state index in [0.717, 1.165) is 11.1 Å². The highest BCUT2D eigenvalue weighted by Crippen LogP contribution is 2.37. The molecular weight excluding hydrogens is 312 g/mol.